The van der Waals surface area contributed by atoms with Crippen LogP contribution in [-0.2, 0) is 12.6 Å². The van der Waals surface area contributed by atoms with Crippen molar-refractivity contribution in [2.75, 3.05) is 11.9 Å². The van der Waals surface area contributed by atoms with Gasteiger partial charge in [-0.15, -0.1) is 11.3 Å². The zero-order valence-corrected chi connectivity index (χ0v) is 15.7. The van der Waals surface area contributed by atoms with Gasteiger partial charge in [0.2, 0.25) is 5.95 Å². The molecule has 1 N–H and O–H groups in total. The number of amides is 1. The van der Waals surface area contributed by atoms with Crippen LogP contribution in [-0.4, -0.2) is 37.1 Å². The van der Waals surface area contributed by atoms with Gasteiger partial charge >= 0.3 is 0 Å². The highest BCUT2D eigenvalue weighted by Gasteiger charge is 2.44. The summed E-state index contributed by atoms with van der Waals surface area (Å²) in [5.74, 6) is 1.33. The molecule has 1 aliphatic heterocycles. The van der Waals surface area contributed by atoms with E-state index in [4.69, 9.17) is 0 Å². The molecule has 8 heteroatoms. The van der Waals surface area contributed by atoms with Crippen LogP contribution in [0.2, 0.25) is 0 Å². The van der Waals surface area contributed by atoms with Gasteiger partial charge in [-0.2, -0.15) is 5.10 Å². The first-order chi connectivity index (χ1) is 12.4. The molecule has 0 saturated carbocycles. The lowest BCUT2D eigenvalue weighted by atomic mass is 10.0. The van der Waals surface area contributed by atoms with Crippen molar-refractivity contribution in [1.29, 1.82) is 0 Å². The first-order valence-electron chi connectivity index (χ1n) is 8.26. The lowest BCUT2D eigenvalue weighted by Crippen LogP contribution is -2.38. The molecule has 0 unspecified atom stereocenters. The molecule has 1 aliphatic rings. The van der Waals surface area contributed by atoms with Crippen LogP contribution in [0.1, 0.15) is 29.1 Å². The number of fused-ring (bicyclic) bond motifs is 1. The van der Waals surface area contributed by atoms with Crippen LogP contribution >= 0.6 is 11.3 Å². The summed E-state index contributed by atoms with van der Waals surface area (Å²) in [5.41, 5.74) is 1.19. The summed E-state index contributed by atoms with van der Waals surface area (Å²) < 4.78 is 1.71. The Bertz CT molecular complexity index is 989. The standard InChI is InChI=1S/C18H19N6OS/c1-5-24-16(25)11-10-13(26-15(11)18(24,2)3)12-6-8-19-17(21-12)22-14-7-9-20-23(14)4/h6-10H,1,5H2,2-4H3,(H,19,21,22). The second-order valence-electron chi connectivity index (χ2n) is 6.60. The quantitative estimate of drug-likeness (QED) is 0.766. The monoisotopic (exact) mass is 367 g/mol. The van der Waals surface area contributed by atoms with Gasteiger partial charge in [0, 0.05) is 30.7 Å². The molecule has 26 heavy (non-hydrogen) atoms. The molecule has 0 aliphatic carbocycles. The largest absolute Gasteiger partial charge is 0.329 e. The summed E-state index contributed by atoms with van der Waals surface area (Å²) in [4.78, 5) is 25.3. The third kappa shape index (κ3) is 2.48. The molecule has 4 heterocycles. The molecule has 3 aromatic heterocycles. The maximum absolute atomic E-state index is 12.6. The van der Waals surface area contributed by atoms with E-state index in [1.807, 2.05) is 25.2 Å². The van der Waals surface area contributed by atoms with Crippen LogP contribution < -0.4 is 5.32 Å². The van der Waals surface area contributed by atoms with Crippen LogP contribution in [0.5, 0.6) is 0 Å². The Hall–Kier alpha value is -2.74. The zero-order chi connectivity index (χ0) is 18.5. The van der Waals surface area contributed by atoms with E-state index in [0.29, 0.717) is 12.5 Å². The fourth-order valence-corrected chi connectivity index (χ4v) is 4.43. The van der Waals surface area contributed by atoms with E-state index in [0.717, 1.165) is 26.8 Å². The SMILES string of the molecule is [CH2]CN1C(=O)c2cc(-c3ccnc(Nc4ccnn4C)n3)sc2C1(C)C. The number of carbonyl (C=O) groups is 1. The van der Waals surface area contributed by atoms with Crippen LogP contribution in [0, 0.1) is 6.92 Å². The average Bonchev–Trinajstić information content (AvgIpc) is 3.26. The Kier molecular flexibility index (Phi) is 3.80. The van der Waals surface area contributed by atoms with Gasteiger partial charge in [0.05, 0.1) is 27.9 Å². The number of hydrogen-bond donors (Lipinski definition) is 1. The molecule has 0 aromatic carbocycles. The van der Waals surface area contributed by atoms with Crippen LogP contribution in [0.3, 0.4) is 0 Å². The molecule has 133 valence electrons. The van der Waals surface area contributed by atoms with Gasteiger partial charge in [0.15, 0.2) is 0 Å². The van der Waals surface area contributed by atoms with Crippen molar-refractivity contribution < 1.29 is 4.79 Å². The molecular weight excluding hydrogens is 348 g/mol. The second kappa shape index (κ2) is 5.91. The predicted octanol–water partition coefficient (Wildman–Crippen LogP) is 3.21. The maximum atomic E-state index is 12.6. The number of rotatable bonds is 4. The number of aryl methyl sites for hydroxylation is 1. The molecule has 0 bridgehead atoms. The van der Waals surface area contributed by atoms with E-state index in [1.54, 1.807) is 33.3 Å². The average molecular weight is 367 g/mol. The Morgan fingerprint density at radius 3 is 2.77 bits per heavy atom. The number of nitrogens with one attached hydrogen (secondary N) is 1. The van der Waals surface area contributed by atoms with Gasteiger partial charge in [-0.05, 0) is 32.9 Å². The number of thiophene rings is 1. The highest BCUT2D eigenvalue weighted by molar-refractivity contribution is 7.16. The number of aromatic nitrogens is 4. The molecular formula is C18H19N6OS. The predicted molar refractivity (Wildman–Crippen MR) is 101 cm³/mol. The topological polar surface area (TPSA) is 75.9 Å². The second-order valence-corrected chi connectivity index (χ2v) is 7.65. The number of hydrogen-bond acceptors (Lipinski definition) is 6. The first-order valence-corrected chi connectivity index (χ1v) is 9.07. The smallest absolute Gasteiger partial charge is 0.255 e. The van der Waals surface area contributed by atoms with Crippen molar-refractivity contribution in [1.82, 2.24) is 24.6 Å². The van der Waals surface area contributed by atoms with Crippen molar-refractivity contribution in [3.63, 3.8) is 0 Å². The van der Waals surface area contributed by atoms with Crippen LogP contribution in [0.4, 0.5) is 11.8 Å². The van der Waals surface area contributed by atoms with Gasteiger partial charge < -0.3 is 10.2 Å². The van der Waals surface area contributed by atoms with E-state index < -0.39 is 0 Å². The minimum Gasteiger partial charge on any atom is -0.329 e. The van der Waals surface area contributed by atoms with E-state index in [9.17, 15) is 4.79 Å². The fourth-order valence-electron chi connectivity index (χ4n) is 3.20. The Morgan fingerprint density at radius 2 is 2.12 bits per heavy atom. The third-order valence-corrected chi connectivity index (χ3v) is 6.10. The van der Waals surface area contributed by atoms with Crippen molar-refractivity contribution in [2.24, 2.45) is 7.05 Å². The van der Waals surface area contributed by atoms with Crippen molar-refractivity contribution in [2.45, 2.75) is 19.4 Å². The maximum Gasteiger partial charge on any atom is 0.255 e. The molecule has 0 fully saturated rings. The Labute approximate surface area is 155 Å². The summed E-state index contributed by atoms with van der Waals surface area (Å²) in [6.45, 7) is 8.44. The summed E-state index contributed by atoms with van der Waals surface area (Å²) in [7, 11) is 1.85. The zero-order valence-electron chi connectivity index (χ0n) is 14.9. The lowest BCUT2D eigenvalue weighted by molar-refractivity contribution is 0.0653. The minimum absolute atomic E-state index is 0.0322. The molecule has 3 aromatic rings. The Morgan fingerprint density at radius 1 is 1.31 bits per heavy atom. The Balaban J connectivity index is 1.68. The van der Waals surface area contributed by atoms with Gasteiger partial charge in [0.1, 0.15) is 5.82 Å². The van der Waals surface area contributed by atoms with Gasteiger partial charge in [0.25, 0.3) is 5.91 Å². The van der Waals surface area contributed by atoms with E-state index in [-0.39, 0.29) is 11.4 Å². The lowest BCUT2D eigenvalue weighted by Gasteiger charge is -2.30. The molecule has 0 spiro atoms. The first kappa shape index (κ1) is 16.7. The van der Waals surface area contributed by atoms with E-state index in [2.05, 4.69) is 41.2 Å². The molecule has 4 rings (SSSR count). The molecule has 0 atom stereocenters. The summed E-state index contributed by atoms with van der Waals surface area (Å²) in [6.07, 6.45) is 3.42. The number of nitrogens with zero attached hydrogens (tertiary/aromatic N) is 5. The number of carbonyl (C=O) groups excluding carboxylic acids is 1. The van der Waals surface area contributed by atoms with Crippen LogP contribution in [0.15, 0.2) is 30.6 Å². The summed E-state index contributed by atoms with van der Waals surface area (Å²) >= 11 is 1.60. The molecule has 7 nitrogen and oxygen atoms in total. The summed E-state index contributed by atoms with van der Waals surface area (Å²) in [5, 5.41) is 7.27. The van der Waals surface area contributed by atoms with Gasteiger partial charge in [-0.3, -0.25) is 9.48 Å². The molecule has 0 saturated heterocycles. The van der Waals surface area contributed by atoms with Crippen molar-refractivity contribution >= 4 is 29.0 Å². The van der Waals surface area contributed by atoms with E-state index in [1.165, 1.54) is 0 Å². The van der Waals surface area contributed by atoms with Crippen molar-refractivity contribution in [3.05, 3.63) is 48.0 Å². The minimum atomic E-state index is -0.347. The fraction of sp³-hybridized carbons (Fsp3) is 0.278. The van der Waals surface area contributed by atoms with Gasteiger partial charge in [-0.1, -0.05) is 0 Å². The van der Waals surface area contributed by atoms with Gasteiger partial charge in [-0.25, -0.2) is 9.97 Å². The third-order valence-electron chi connectivity index (χ3n) is 4.63. The highest BCUT2D eigenvalue weighted by atomic mass is 32.1. The van der Waals surface area contributed by atoms with E-state index >= 15 is 0 Å². The van der Waals surface area contributed by atoms with Crippen LogP contribution in [0.25, 0.3) is 10.6 Å². The molecule has 1 amide bonds. The normalized spacial score (nSPS) is 15.4. The molecule has 1 radical (unpaired) electrons. The summed E-state index contributed by atoms with van der Waals surface area (Å²) in [6, 6.07) is 5.63. The van der Waals surface area contributed by atoms with Crippen molar-refractivity contribution in [3.8, 4) is 10.6 Å². The highest BCUT2D eigenvalue weighted by Crippen LogP contribution is 2.45. The number of anilines is 2.